The molecule has 0 amide bonds. The molecular formula is C16H25NOSi. The SMILES string of the molecule is CC(C)(C)[Si](C)(C)OCCCc1ccc(C#N)cc1. The summed E-state index contributed by atoms with van der Waals surface area (Å²) in [5, 5.41) is 9.02. The molecule has 0 aliphatic rings. The molecule has 0 unspecified atom stereocenters. The summed E-state index contributed by atoms with van der Waals surface area (Å²) in [6.45, 7) is 12.2. The van der Waals surface area contributed by atoms with E-state index in [1.165, 1.54) is 5.56 Å². The summed E-state index contributed by atoms with van der Waals surface area (Å²) in [6.07, 6.45) is 2.05. The van der Waals surface area contributed by atoms with Crippen LogP contribution in [0.3, 0.4) is 0 Å². The molecule has 104 valence electrons. The van der Waals surface area contributed by atoms with Crippen molar-refractivity contribution >= 4 is 8.32 Å². The van der Waals surface area contributed by atoms with Crippen molar-refractivity contribution in [1.82, 2.24) is 0 Å². The van der Waals surface area contributed by atoms with Crippen molar-refractivity contribution in [1.29, 1.82) is 5.26 Å². The molecule has 0 aliphatic carbocycles. The Bertz CT molecular complexity index is 437. The molecule has 3 heteroatoms. The van der Waals surface area contributed by atoms with Gasteiger partial charge in [0.15, 0.2) is 8.32 Å². The van der Waals surface area contributed by atoms with Crippen LogP contribution in [0.4, 0.5) is 0 Å². The molecule has 0 heterocycles. The molecule has 19 heavy (non-hydrogen) atoms. The van der Waals surface area contributed by atoms with Crippen molar-refractivity contribution in [3.05, 3.63) is 35.4 Å². The maximum Gasteiger partial charge on any atom is 0.191 e. The standard InChI is InChI=1S/C16H25NOSi/c1-16(2,3)19(4,5)18-12-6-7-14-8-10-15(13-17)11-9-14/h8-11H,6-7,12H2,1-5H3. The van der Waals surface area contributed by atoms with Gasteiger partial charge in [0.1, 0.15) is 0 Å². The summed E-state index contributed by atoms with van der Waals surface area (Å²) in [5.41, 5.74) is 2.00. The first-order valence-corrected chi connectivity index (χ1v) is 9.80. The van der Waals surface area contributed by atoms with Crippen LogP contribution in [0.15, 0.2) is 24.3 Å². The molecule has 0 radical (unpaired) electrons. The van der Waals surface area contributed by atoms with Crippen LogP contribution in [0.25, 0.3) is 0 Å². The van der Waals surface area contributed by atoms with Crippen LogP contribution in [0.5, 0.6) is 0 Å². The van der Waals surface area contributed by atoms with Crippen LogP contribution in [0, 0.1) is 11.3 Å². The molecule has 0 fully saturated rings. The van der Waals surface area contributed by atoms with E-state index in [-0.39, 0.29) is 5.04 Å². The predicted molar refractivity (Wildman–Crippen MR) is 82.6 cm³/mol. The van der Waals surface area contributed by atoms with Crippen LogP contribution >= 0.6 is 0 Å². The fourth-order valence-corrected chi connectivity index (χ4v) is 2.65. The van der Waals surface area contributed by atoms with Gasteiger partial charge in [0.2, 0.25) is 0 Å². The third-order valence-electron chi connectivity index (χ3n) is 3.96. The van der Waals surface area contributed by atoms with Crippen molar-refractivity contribution in [2.75, 3.05) is 6.61 Å². The quantitative estimate of drug-likeness (QED) is 0.585. The van der Waals surface area contributed by atoms with E-state index in [0.29, 0.717) is 0 Å². The lowest BCUT2D eigenvalue weighted by Gasteiger charge is -2.36. The highest BCUT2D eigenvalue weighted by Gasteiger charge is 2.36. The number of nitriles is 1. The Kier molecular flexibility index (Phi) is 5.34. The second-order valence-electron chi connectivity index (χ2n) is 6.52. The largest absolute Gasteiger partial charge is 0.417 e. The minimum atomic E-state index is -1.60. The second-order valence-corrected chi connectivity index (χ2v) is 11.3. The van der Waals surface area contributed by atoms with Crippen molar-refractivity contribution in [2.24, 2.45) is 0 Å². The highest BCUT2D eigenvalue weighted by Crippen LogP contribution is 2.36. The monoisotopic (exact) mass is 275 g/mol. The van der Waals surface area contributed by atoms with Gasteiger partial charge in [-0.1, -0.05) is 32.9 Å². The number of hydrogen-bond acceptors (Lipinski definition) is 2. The summed E-state index contributed by atoms with van der Waals surface area (Å²) in [7, 11) is -1.60. The Hall–Kier alpha value is -1.11. The van der Waals surface area contributed by atoms with E-state index in [9.17, 15) is 0 Å². The molecule has 0 saturated carbocycles. The van der Waals surface area contributed by atoms with Crippen LogP contribution in [0.2, 0.25) is 18.1 Å². The average molecular weight is 275 g/mol. The van der Waals surface area contributed by atoms with Crippen LogP contribution < -0.4 is 0 Å². The molecule has 0 aromatic heterocycles. The zero-order valence-electron chi connectivity index (χ0n) is 12.8. The Morgan fingerprint density at radius 3 is 2.21 bits per heavy atom. The van der Waals surface area contributed by atoms with Gasteiger partial charge in [-0.15, -0.1) is 0 Å². The van der Waals surface area contributed by atoms with E-state index in [2.05, 4.69) is 39.9 Å². The van der Waals surface area contributed by atoms with Crippen LogP contribution in [-0.4, -0.2) is 14.9 Å². The van der Waals surface area contributed by atoms with E-state index in [4.69, 9.17) is 9.69 Å². The average Bonchev–Trinajstić information content (AvgIpc) is 2.34. The molecule has 0 bridgehead atoms. The van der Waals surface area contributed by atoms with Crippen molar-refractivity contribution in [3.63, 3.8) is 0 Å². The molecule has 0 spiro atoms. The number of aryl methyl sites for hydroxylation is 1. The molecule has 1 rings (SSSR count). The Labute approximate surface area is 118 Å². The first-order chi connectivity index (χ1) is 8.76. The molecule has 0 N–H and O–H groups in total. The normalized spacial score (nSPS) is 12.2. The van der Waals surface area contributed by atoms with Gasteiger partial charge >= 0.3 is 0 Å². The zero-order chi connectivity index (χ0) is 14.5. The van der Waals surface area contributed by atoms with Gasteiger partial charge in [0, 0.05) is 6.61 Å². The summed E-state index contributed by atoms with van der Waals surface area (Å²) in [4.78, 5) is 0. The van der Waals surface area contributed by atoms with Crippen molar-refractivity contribution < 1.29 is 4.43 Å². The highest BCUT2D eigenvalue weighted by molar-refractivity contribution is 6.74. The summed E-state index contributed by atoms with van der Waals surface area (Å²) in [5.74, 6) is 0. The number of nitrogens with zero attached hydrogens (tertiary/aromatic N) is 1. The minimum absolute atomic E-state index is 0.279. The van der Waals surface area contributed by atoms with Crippen LogP contribution in [0.1, 0.15) is 38.3 Å². The summed E-state index contributed by atoms with van der Waals surface area (Å²) in [6, 6.07) is 9.96. The van der Waals surface area contributed by atoms with E-state index >= 15 is 0 Å². The summed E-state index contributed by atoms with van der Waals surface area (Å²) >= 11 is 0. The Balaban J connectivity index is 2.37. The lowest BCUT2D eigenvalue weighted by Crippen LogP contribution is -2.41. The van der Waals surface area contributed by atoms with Gasteiger partial charge in [-0.05, 0) is 48.7 Å². The highest BCUT2D eigenvalue weighted by atomic mass is 28.4. The molecule has 1 aromatic carbocycles. The lowest BCUT2D eigenvalue weighted by atomic mass is 10.1. The first-order valence-electron chi connectivity index (χ1n) is 6.89. The number of benzene rings is 1. The molecule has 2 nitrogen and oxygen atoms in total. The van der Waals surface area contributed by atoms with Gasteiger partial charge < -0.3 is 4.43 Å². The fraction of sp³-hybridized carbons (Fsp3) is 0.562. The van der Waals surface area contributed by atoms with Gasteiger partial charge in [-0.3, -0.25) is 0 Å². The third-order valence-corrected chi connectivity index (χ3v) is 8.50. The molecule has 1 aromatic rings. The van der Waals surface area contributed by atoms with E-state index in [1.54, 1.807) is 0 Å². The molecular weight excluding hydrogens is 250 g/mol. The van der Waals surface area contributed by atoms with Gasteiger partial charge in [-0.25, -0.2) is 0 Å². The maximum absolute atomic E-state index is 8.74. The van der Waals surface area contributed by atoms with Crippen molar-refractivity contribution in [3.8, 4) is 6.07 Å². The first kappa shape index (κ1) is 15.9. The topological polar surface area (TPSA) is 33.0 Å². The van der Waals surface area contributed by atoms with Crippen LogP contribution in [-0.2, 0) is 10.8 Å². The number of hydrogen-bond donors (Lipinski definition) is 0. The Morgan fingerprint density at radius 1 is 1.16 bits per heavy atom. The van der Waals surface area contributed by atoms with E-state index in [0.717, 1.165) is 25.0 Å². The molecule has 0 saturated heterocycles. The minimum Gasteiger partial charge on any atom is -0.417 e. The van der Waals surface area contributed by atoms with Gasteiger partial charge in [0.05, 0.1) is 11.6 Å². The number of rotatable bonds is 5. The second kappa shape index (κ2) is 6.36. The summed E-state index contributed by atoms with van der Waals surface area (Å²) < 4.78 is 6.15. The Morgan fingerprint density at radius 2 is 1.74 bits per heavy atom. The van der Waals surface area contributed by atoms with Gasteiger partial charge in [0.25, 0.3) is 0 Å². The fourth-order valence-electron chi connectivity index (χ4n) is 1.57. The molecule has 0 atom stereocenters. The molecule has 0 aliphatic heterocycles. The zero-order valence-corrected chi connectivity index (χ0v) is 13.8. The van der Waals surface area contributed by atoms with E-state index in [1.807, 2.05) is 24.3 Å². The maximum atomic E-state index is 8.74. The third kappa shape index (κ3) is 4.81. The lowest BCUT2D eigenvalue weighted by molar-refractivity contribution is 0.282. The van der Waals surface area contributed by atoms with Gasteiger partial charge in [-0.2, -0.15) is 5.26 Å². The smallest absolute Gasteiger partial charge is 0.191 e. The van der Waals surface area contributed by atoms with Crippen molar-refractivity contribution in [2.45, 2.75) is 51.7 Å². The predicted octanol–water partition coefficient (Wildman–Crippen LogP) is 4.51. The van der Waals surface area contributed by atoms with E-state index < -0.39 is 8.32 Å².